The number of alkyl halides is 3. The number of nitrogens with zero attached hydrogens (tertiary/aromatic N) is 3. The SMILES string of the molecule is C=C(C1CCN(C(c2ccc(C(=NC(C)CC)c3cccc(F)c3)c(C)c2)C(F)(F)F)CC1)N(CC1CC1)c1ccccc1C. The van der Waals surface area contributed by atoms with E-state index < -0.39 is 12.2 Å². The van der Waals surface area contributed by atoms with Crippen molar-refractivity contribution in [3.05, 3.63) is 113 Å². The molecular weight excluding hydrogens is 574 g/mol. The fourth-order valence-corrected chi connectivity index (χ4v) is 6.48. The van der Waals surface area contributed by atoms with Gasteiger partial charge in [-0.1, -0.05) is 62.0 Å². The second-order valence-electron chi connectivity index (χ2n) is 12.9. The van der Waals surface area contributed by atoms with Gasteiger partial charge in [0.05, 0.1) is 5.71 Å². The second-order valence-corrected chi connectivity index (χ2v) is 12.9. The summed E-state index contributed by atoms with van der Waals surface area (Å²) in [6.07, 6.45) is 0.0339. The van der Waals surface area contributed by atoms with Crippen LogP contribution in [0.25, 0.3) is 0 Å². The molecule has 3 nitrogen and oxygen atoms in total. The highest BCUT2D eigenvalue weighted by atomic mass is 19.4. The summed E-state index contributed by atoms with van der Waals surface area (Å²) in [5, 5.41) is 0. The largest absolute Gasteiger partial charge is 0.408 e. The third-order valence-electron chi connectivity index (χ3n) is 9.43. The van der Waals surface area contributed by atoms with Gasteiger partial charge >= 0.3 is 6.18 Å². The van der Waals surface area contributed by atoms with Crippen molar-refractivity contribution in [3.63, 3.8) is 0 Å². The average molecular weight is 620 g/mol. The van der Waals surface area contributed by atoms with Crippen LogP contribution in [0, 0.1) is 31.5 Å². The summed E-state index contributed by atoms with van der Waals surface area (Å²) in [5.74, 6) is 0.401. The summed E-state index contributed by atoms with van der Waals surface area (Å²) in [6, 6.07) is 17.7. The molecule has 3 aromatic rings. The molecule has 0 spiro atoms. The molecule has 2 aliphatic rings. The maximum absolute atomic E-state index is 14.8. The fraction of sp³-hybridized carbons (Fsp3) is 0.447. The minimum Gasteiger partial charge on any atom is -0.345 e. The van der Waals surface area contributed by atoms with Crippen LogP contribution in [-0.2, 0) is 0 Å². The van der Waals surface area contributed by atoms with E-state index in [1.807, 2.05) is 32.9 Å². The topological polar surface area (TPSA) is 18.8 Å². The van der Waals surface area contributed by atoms with Crippen LogP contribution in [0.15, 0.2) is 84.0 Å². The number of rotatable bonds is 11. The maximum Gasteiger partial charge on any atom is 0.408 e. The van der Waals surface area contributed by atoms with Gasteiger partial charge in [0.2, 0.25) is 0 Å². The quantitative estimate of drug-likeness (QED) is 0.157. The van der Waals surface area contributed by atoms with Gasteiger partial charge in [-0.25, -0.2) is 4.39 Å². The lowest BCUT2D eigenvalue weighted by Gasteiger charge is -2.41. The van der Waals surface area contributed by atoms with Crippen molar-refractivity contribution in [3.8, 4) is 0 Å². The van der Waals surface area contributed by atoms with Gasteiger partial charge in [-0.15, -0.1) is 0 Å². The maximum atomic E-state index is 14.8. The van der Waals surface area contributed by atoms with Gasteiger partial charge in [0.25, 0.3) is 0 Å². The molecule has 1 saturated heterocycles. The zero-order valence-corrected chi connectivity index (χ0v) is 26.9. The molecule has 0 radical (unpaired) electrons. The van der Waals surface area contributed by atoms with Gasteiger partial charge in [0.1, 0.15) is 11.9 Å². The summed E-state index contributed by atoms with van der Waals surface area (Å²) in [7, 11) is 0. The molecular formula is C38H45F4N3. The highest BCUT2D eigenvalue weighted by Gasteiger charge is 2.46. The smallest absolute Gasteiger partial charge is 0.345 e. The molecule has 7 heteroatoms. The molecule has 0 aromatic heterocycles. The molecule has 1 saturated carbocycles. The molecule has 1 aliphatic heterocycles. The number of hydrogen-bond donors (Lipinski definition) is 0. The van der Waals surface area contributed by atoms with Crippen LogP contribution in [0.5, 0.6) is 0 Å². The summed E-state index contributed by atoms with van der Waals surface area (Å²) >= 11 is 0. The van der Waals surface area contributed by atoms with Crippen LogP contribution >= 0.6 is 0 Å². The Morgan fingerprint density at radius 1 is 0.956 bits per heavy atom. The number of hydrogen-bond acceptors (Lipinski definition) is 3. The van der Waals surface area contributed by atoms with Crippen LogP contribution in [0.3, 0.4) is 0 Å². The van der Waals surface area contributed by atoms with E-state index in [4.69, 9.17) is 4.99 Å². The Bertz CT molecular complexity index is 1520. The van der Waals surface area contributed by atoms with E-state index in [0.717, 1.165) is 24.4 Å². The molecule has 0 bridgehead atoms. The van der Waals surface area contributed by atoms with Crippen LogP contribution in [0.2, 0.25) is 0 Å². The van der Waals surface area contributed by atoms with Crippen molar-refractivity contribution in [2.24, 2.45) is 16.8 Å². The highest BCUT2D eigenvalue weighted by Crippen LogP contribution is 2.42. The van der Waals surface area contributed by atoms with Gasteiger partial charge in [0, 0.05) is 41.0 Å². The molecule has 1 aliphatic carbocycles. The van der Waals surface area contributed by atoms with E-state index in [9.17, 15) is 17.6 Å². The zero-order valence-electron chi connectivity index (χ0n) is 26.9. The number of aryl methyl sites for hydroxylation is 2. The normalized spacial score (nSPS) is 18.1. The van der Waals surface area contributed by atoms with Crippen molar-refractivity contribution in [2.75, 3.05) is 24.5 Å². The van der Waals surface area contributed by atoms with Gasteiger partial charge in [0.15, 0.2) is 0 Å². The molecule has 2 unspecified atom stereocenters. The monoisotopic (exact) mass is 619 g/mol. The molecule has 45 heavy (non-hydrogen) atoms. The minimum absolute atomic E-state index is 0.0210. The van der Waals surface area contributed by atoms with Crippen LogP contribution in [-0.4, -0.2) is 42.5 Å². The van der Waals surface area contributed by atoms with E-state index in [1.165, 1.54) is 30.5 Å². The second kappa shape index (κ2) is 13.9. The Balaban J connectivity index is 1.37. The predicted octanol–water partition coefficient (Wildman–Crippen LogP) is 9.82. The Hall–Kier alpha value is -3.45. The molecule has 1 heterocycles. The number of halogens is 4. The number of aliphatic imine (C=N–C) groups is 1. The third kappa shape index (κ3) is 7.86. The molecule has 2 atom stereocenters. The highest BCUT2D eigenvalue weighted by molar-refractivity contribution is 6.13. The summed E-state index contributed by atoms with van der Waals surface area (Å²) in [4.78, 5) is 8.75. The molecule has 0 N–H and O–H groups in total. The van der Waals surface area contributed by atoms with Crippen LogP contribution in [0.4, 0.5) is 23.2 Å². The Labute approximate surface area is 265 Å². The Morgan fingerprint density at radius 3 is 2.27 bits per heavy atom. The van der Waals surface area contributed by atoms with Gasteiger partial charge in [-0.2, -0.15) is 13.2 Å². The van der Waals surface area contributed by atoms with E-state index in [2.05, 4.69) is 30.5 Å². The molecule has 5 rings (SSSR count). The van der Waals surface area contributed by atoms with E-state index in [0.29, 0.717) is 54.3 Å². The lowest BCUT2D eigenvalue weighted by atomic mass is 9.89. The number of piperidine rings is 1. The van der Waals surface area contributed by atoms with E-state index in [-0.39, 0.29) is 23.3 Å². The molecule has 240 valence electrons. The Morgan fingerprint density at radius 2 is 1.67 bits per heavy atom. The lowest BCUT2D eigenvalue weighted by Crippen LogP contribution is -2.44. The zero-order chi connectivity index (χ0) is 32.3. The standard InChI is InChI=1S/C38H45F4N3/c1-6-27(4)43-36(31-11-9-12-33(39)23-31)34-17-16-32(22-26(34)3)37(38(40,41)42)44-20-18-30(19-21-44)28(5)45(24-29-14-15-29)35-13-8-7-10-25(35)2/h7-13,16-17,22-23,27,29-30,37H,5-6,14-15,18-21,24H2,1-4H3. The number of likely N-dealkylation sites (tertiary alicyclic amines) is 1. The third-order valence-corrected chi connectivity index (χ3v) is 9.43. The first-order valence-electron chi connectivity index (χ1n) is 16.2. The Kier molecular flexibility index (Phi) is 10.2. The lowest BCUT2D eigenvalue weighted by molar-refractivity contribution is -0.189. The first kappa shape index (κ1) is 32.9. The van der Waals surface area contributed by atoms with Gasteiger partial charge in [-0.05, 0) is 107 Å². The van der Waals surface area contributed by atoms with Crippen molar-refractivity contribution < 1.29 is 17.6 Å². The fourth-order valence-electron chi connectivity index (χ4n) is 6.48. The molecule has 2 fully saturated rings. The summed E-state index contributed by atoms with van der Waals surface area (Å²) < 4.78 is 58.5. The van der Waals surface area contributed by atoms with Crippen LogP contribution in [0.1, 0.15) is 79.8 Å². The van der Waals surface area contributed by atoms with Gasteiger partial charge in [-0.3, -0.25) is 9.89 Å². The predicted molar refractivity (Wildman–Crippen MR) is 176 cm³/mol. The number of allylic oxidation sites excluding steroid dienone is 1. The number of benzene rings is 3. The number of para-hydroxylation sites is 1. The van der Waals surface area contributed by atoms with Crippen LogP contribution < -0.4 is 4.90 Å². The molecule has 0 amide bonds. The van der Waals surface area contributed by atoms with Crippen molar-refractivity contribution in [1.82, 2.24) is 4.90 Å². The minimum atomic E-state index is -4.44. The average Bonchev–Trinajstić information content (AvgIpc) is 3.83. The number of anilines is 1. The van der Waals surface area contributed by atoms with E-state index in [1.54, 1.807) is 35.2 Å². The van der Waals surface area contributed by atoms with E-state index >= 15 is 0 Å². The first-order valence-corrected chi connectivity index (χ1v) is 16.2. The molecule has 3 aromatic carbocycles. The van der Waals surface area contributed by atoms with Crippen molar-refractivity contribution >= 4 is 11.4 Å². The first-order chi connectivity index (χ1) is 21.5. The summed E-state index contributed by atoms with van der Waals surface area (Å²) in [5.41, 5.74) is 6.18. The summed E-state index contributed by atoms with van der Waals surface area (Å²) in [6.45, 7) is 14.0. The van der Waals surface area contributed by atoms with Crippen molar-refractivity contribution in [2.45, 2.75) is 78.1 Å². The van der Waals surface area contributed by atoms with Gasteiger partial charge < -0.3 is 4.90 Å². The van der Waals surface area contributed by atoms with Crippen molar-refractivity contribution in [1.29, 1.82) is 0 Å².